The van der Waals surface area contributed by atoms with Crippen LogP contribution >= 0.6 is 23.7 Å². The molecule has 35 heavy (non-hydrogen) atoms. The molecular weight excluding hydrogens is 506 g/mol. The number of sulfone groups is 1. The van der Waals surface area contributed by atoms with Crippen molar-refractivity contribution in [1.82, 2.24) is 29.9 Å². The monoisotopic (exact) mass is 531 g/mol. The summed E-state index contributed by atoms with van der Waals surface area (Å²) in [6.07, 6.45) is 10.4. The molecule has 3 N–H and O–H groups in total. The lowest BCUT2D eigenvalue weighted by atomic mass is 9.89. The molecule has 0 saturated carbocycles. The Labute approximate surface area is 213 Å². The number of nitrogen functional groups attached to an aromatic ring is 1. The van der Waals surface area contributed by atoms with Crippen LogP contribution in [0.5, 0.6) is 0 Å². The van der Waals surface area contributed by atoms with Crippen molar-refractivity contribution in [3.05, 3.63) is 41.3 Å². The number of nitrogens with two attached hydrogens (primary N) is 1. The van der Waals surface area contributed by atoms with Crippen LogP contribution in [-0.4, -0.2) is 51.3 Å². The van der Waals surface area contributed by atoms with Crippen molar-refractivity contribution in [2.24, 2.45) is 0 Å². The molecule has 12 heteroatoms. The Hall–Kier alpha value is -2.60. The highest BCUT2D eigenvalue weighted by atomic mass is 35.5. The van der Waals surface area contributed by atoms with E-state index in [2.05, 4.69) is 20.4 Å². The van der Waals surface area contributed by atoms with E-state index >= 15 is 0 Å². The van der Waals surface area contributed by atoms with Crippen LogP contribution in [0.1, 0.15) is 42.2 Å². The minimum Gasteiger partial charge on any atom is -0.382 e. The van der Waals surface area contributed by atoms with E-state index in [-0.39, 0.29) is 29.0 Å². The average molecular weight is 532 g/mol. The van der Waals surface area contributed by atoms with Crippen LogP contribution in [0.25, 0.3) is 27.5 Å². The van der Waals surface area contributed by atoms with Crippen LogP contribution in [0.15, 0.2) is 35.6 Å². The number of pyridine rings is 1. The van der Waals surface area contributed by atoms with Gasteiger partial charge in [0.25, 0.3) is 0 Å². The van der Waals surface area contributed by atoms with Gasteiger partial charge in [0, 0.05) is 52.7 Å². The van der Waals surface area contributed by atoms with Crippen molar-refractivity contribution in [1.29, 1.82) is 0 Å². The van der Waals surface area contributed by atoms with Crippen molar-refractivity contribution in [2.45, 2.75) is 55.5 Å². The molecule has 2 bridgehead atoms. The Morgan fingerprint density at radius 3 is 2.46 bits per heavy atom. The highest BCUT2D eigenvalue weighted by molar-refractivity contribution is 7.91. The van der Waals surface area contributed by atoms with Gasteiger partial charge >= 0.3 is 0 Å². The van der Waals surface area contributed by atoms with Crippen LogP contribution in [-0.2, 0) is 9.84 Å². The van der Waals surface area contributed by atoms with Crippen LogP contribution in [0.3, 0.4) is 0 Å². The Kier molecular flexibility index (Phi) is 6.07. The summed E-state index contributed by atoms with van der Waals surface area (Å²) in [6, 6.07) is 4.68. The molecule has 2 saturated heterocycles. The lowest BCUT2D eigenvalue weighted by molar-refractivity contribution is 0.355. The molecule has 0 aromatic carbocycles. The lowest BCUT2D eigenvalue weighted by Crippen LogP contribution is -2.38. The molecule has 184 valence electrons. The fourth-order valence-corrected chi connectivity index (χ4v) is 7.11. The van der Waals surface area contributed by atoms with Gasteiger partial charge in [-0.15, -0.1) is 23.7 Å². The van der Waals surface area contributed by atoms with Gasteiger partial charge in [-0.05, 0) is 38.7 Å². The summed E-state index contributed by atoms with van der Waals surface area (Å²) in [5.74, 6) is 0.148. The first kappa shape index (κ1) is 24.1. The first-order valence-electron chi connectivity index (χ1n) is 11.3. The molecule has 6 rings (SSSR count). The standard InChI is InChI=1S/C23H25N7O2S2.ClH/c1-12-9-26-23(33-12)18-6-3-13(10-25-18)17-11-27-30-21(24)20(34(2,31)32)19(29-22(17)30)14-7-15-4-5-16(8-14)28-15;/h3,6,9-11,14-16,28H,4-5,7-8,24H2,1-2H3;1H/t14?,15-,16+;. The van der Waals surface area contributed by atoms with E-state index in [1.54, 1.807) is 23.7 Å². The number of nitrogens with one attached hydrogen (secondary N) is 1. The summed E-state index contributed by atoms with van der Waals surface area (Å²) in [6.45, 7) is 2.01. The predicted octanol–water partition coefficient (Wildman–Crippen LogP) is 3.63. The van der Waals surface area contributed by atoms with Gasteiger partial charge in [-0.1, -0.05) is 6.07 Å². The maximum Gasteiger partial charge on any atom is 0.180 e. The van der Waals surface area contributed by atoms with E-state index in [0.717, 1.165) is 52.4 Å². The van der Waals surface area contributed by atoms with Gasteiger partial charge in [-0.3, -0.25) is 4.98 Å². The summed E-state index contributed by atoms with van der Waals surface area (Å²) < 4.78 is 27.0. The van der Waals surface area contributed by atoms with Crippen molar-refractivity contribution >= 4 is 45.0 Å². The van der Waals surface area contributed by atoms with Gasteiger partial charge in [-0.25, -0.2) is 18.4 Å². The minimum atomic E-state index is -3.60. The zero-order valence-corrected chi connectivity index (χ0v) is 21.8. The number of fused-ring (bicyclic) bond motifs is 3. The maximum absolute atomic E-state index is 12.8. The summed E-state index contributed by atoms with van der Waals surface area (Å²) in [5.41, 5.74) is 9.95. The predicted molar refractivity (Wildman–Crippen MR) is 139 cm³/mol. The Morgan fingerprint density at radius 1 is 1.11 bits per heavy atom. The third-order valence-electron chi connectivity index (χ3n) is 6.81. The molecule has 6 heterocycles. The average Bonchev–Trinajstić information content (AvgIpc) is 3.51. The van der Waals surface area contributed by atoms with Crippen molar-refractivity contribution < 1.29 is 8.42 Å². The first-order valence-corrected chi connectivity index (χ1v) is 14.0. The quantitative estimate of drug-likeness (QED) is 0.408. The summed E-state index contributed by atoms with van der Waals surface area (Å²) in [7, 11) is -3.60. The number of thiazole rings is 1. The van der Waals surface area contributed by atoms with Gasteiger partial charge in [0.2, 0.25) is 0 Å². The first-order chi connectivity index (χ1) is 16.3. The van der Waals surface area contributed by atoms with E-state index in [4.69, 9.17) is 10.7 Å². The molecule has 3 atom stereocenters. The molecule has 1 unspecified atom stereocenters. The van der Waals surface area contributed by atoms with Gasteiger partial charge in [0.15, 0.2) is 15.5 Å². The topological polar surface area (TPSA) is 128 Å². The third kappa shape index (κ3) is 4.20. The van der Waals surface area contributed by atoms with Crippen molar-refractivity contribution in [3.8, 4) is 21.8 Å². The molecule has 9 nitrogen and oxygen atoms in total. The number of aryl methyl sites for hydroxylation is 1. The van der Waals surface area contributed by atoms with Gasteiger partial charge < -0.3 is 11.1 Å². The normalized spacial score (nSPS) is 21.8. The Bertz CT molecular complexity index is 1500. The smallest absolute Gasteiger partial charge is 0.180 e. The van der Waals surface area contributed by atoms with Crippen LogP contribution in [0.4, 0.5) is 5.82 Å². The van der Waals surface area contributed by atoms with Gasteiger partial charge in [0.1, 0.15) is 15.7 Å². The molecule has 0 aliphatic carbocycles. The number of hydrogen-bond donors (Lipinski definition) is 2. The van der Waals surface area contributed by atoms with Crippen LogP contribution < -0.4 is 11.1 Å². The second-order valence-corrected chi connectivity index (χ2v) is 12.5. The van der Waals surface area contributed by atoms with E-state index < -0.39 is 9.84 Å². The Morgan fingerprint density at radius 2 is 1.86 bits per heavy atom. The molecular formula is C23H26ClN7O2S2. The number of anilines is 1. The molecule has 4 aromatic rings. The number of nitrogens with zero attached hydrogens (tertiary/aromatic N) is 5. The molecule has 2 aliphatic rings. The van der Waals surface area contributed by atoms with E-state index in [1.807, 2.05) is 25.3 Å². The van der Waals surface area contributed by atoms with Crippen LogP contribution in [0, 0.1) is 6.92 Å². The zero-order chi connectivity index (χ0) is 23.6. The fourth-order valence-electron chi connectivity index (χ4n) is 5.31. The SMILES string of the molecule is Cc1cnc(-c2ccc(-c3cnn4c(N)c(S(C)(=O)=O)c(C5C[C@H]6CC[C@@H](C5)N6)nc34)cn2)s1.Cl. The number of rotatable bonds is 4. The second-order valence-electron chi connectivity index (χ2n) is 9.29. The number of piperidine rings is 1. The van der Waals surface area contributed by atoms with E-state index in [0.29, 0.717) is 23.4 Å². The molecule has 0 amide bonds. The Balaban J connectivity index is 0.00000253. The highest BCUT2D eigenvalue weighted by Crippen LogP contribution is 2.41. The molecule has 2 aliphatic heterocycles. The number of aromatic nitrogens is 5. The fraction of sp³-hybridized carbons (Fsp3) is 0.391. The highest BCUT2D eigenvalue weighted by Gasteiger charge is 2.38. The number of hydrogen-bond acceptors (Lipinski definition) is 9. The zero-order valence-electron chi connectivity index (χ0n) is 19.3. The van der Waals surface area contributed by atoms with E-state index in [9.17, 15) is 8.42 Å². The molecule has 0 spiro atoms. The molecule has 2 fully saturated rings. The van der Waals surface area contributed by atoms with Crippen LogP contribution in [0.2, 0.25) is 0 Å². The second kappa shape index (κ2) is 8.81. The third-order valence-corrected chi connectivity index (χ3v) is 8.90. The summed E-state index contributed by atoms with van der Waals surface area (Å²) >= 11 is 1.59. The van der Waals surface area contributed by atoms with Crippen molar-refractivity contribution in [2.75, 3.05) is 12.0 Å². The maximum atomic E-state index is 12.8. The molecule has 0 radical (unpaired) electrons. The van der Waals surface area contributed by atoms with Gasteiger partial charge in [0.05, 0.1) is 17.6 Å². The van der Waals surface area contributed by atoms with Gasteiger partial charge in [-0.2, -0.15) is 9.61 Å². The minimum absolute atomic E-state index is 0. The lowest BCUT2D eigenvalue weighted by Gasteiger charge is -2.30. The molecule has 4 aromatic heterocycles. The number of halogens is 1. The largest absolute Gasteiger partial charge is 0.382 e. The summed E-state index contributed by atoms with van der Waals surface area (Å²) in [5, 5.41) is 8.88. The summed E-state index contributed by atoms with van der Waals surface area (Å²) in [4.78, 5) is 15.1. The van der Waals surface area contributed by atoms with Crippen molar-refractivity contribution in [3.63, 3.8) is 0 Å². The van der Waals surface area contributed by atoms with E-state index in [1.165, 1.54) is 10.8 Å².